The molecule has 55 heavy (non-hydrogen) atoms. The van der Waals surface area contributed by atoms with E-state index >= 15 is 0 Å². The molecule has 0 saturated heterocycles. The third-order valence-electron chi connectivity index (χ3n) is 11.1. The van der Waals surface area contributed by atoms with Crippen molar-refractivity contribution in [1.29, 1.82) is 5.26 Å². The smallest absolute Gasteiger partial charge is 0.188 e. The van der Waals surface area contributed by atoms with Gasteiger partial charge < -0.3 is 13.7 Å². The van der Waals surface area contributed by atoms with Gasteiger partial charge in [-0.25, -0.2) is 4.85 Å². The molecule has 0 radical (unpaired) electrons. The fourth-order valence-electron chi connectivity index (χ4n) is 8.78. The van der Waals surface area contributed by atoms with E-state index in [0.29, 0.717) is 11.3 Å². The highest BCUT2D eigenvalue weighted by Crippen LogP contribution is 2.41. The number of benzene rings is 8. The summed E-state index contributed by atoms with van der Waals surface area (Å²) >= 11 is 0. The van der Waals surface area contributed by atoms with Crippen LogP contribution in [0.25, 0.3) is 98.5 Å². The Hall–Kier alpha value is -7.86. The third-order valence-corrected chi connectivity index (χ3v) is 11.1. The molecule has 0 N–H and O–H groups in total. The molecule has 0 atom stereocenters. The Morgan fingerprint density at radius 2 is 0.982 bits per heavy atom. The molecule has 3 aromatic heterocycles. The Labute approximate surface area is 316 Å². The molecule has 0 aliphatic rings. The fraction of sp³-hybridized carbons (Fsp3) is 0. The molecule has 254 valence electrons. The largest absolute Gasteiger partial charge is 0.309 e. The molecular weight excluding hydrogens is 671 g/mol. The van der Waals surface area contributed by atoms with Crippen LogP contribution < -0.4 is 0 Å². The van der Waals surface area contributed by atoms with Gasteiger partial charge in [0.05, 0.1) is 57.0 Å². The van der Waals surface area contributed by atoms with Crippen LogP contribution in [0.3, 0.4) is 0 Å². The van der Waals surface area contributed by atoms with Gasteiger partial charge in [-0.05, 0) is 89.8 Å². The second-order valence-corrected chi connectivity index (χ2v) is 14.0. The first-order valence-electron chi connectivity index (χ1n) is 18.3. The van der Waals surface area contributed by atoms with E-state index in [-0.39, 0.29) is 0 Å². The minimum absolute atomic E-state index is 0.604. The molecule has 0 amide bonds. The maximum Gasteiger partial charge on any atom is 0.188 e. The molecule has 0 aliphatic carbocycles. The summed E-state index contributed by atoms with van der Waals surface area (Å²) in [4.78, 5) is 3.70. The molecule has 0 saturated carbocycles. The summed E-state index contributed by atoms with van der Waals surface area (Å²) in [7, 11) is 0. The Balaban J connectivity index is 1.13. The van der Waals surface area contributed by atoms with Crippen molar-refractivity contribution in [1.82, 2.24) is 13.7 Å². The molecule has 0 aliphatic heterocycles. The molecule has 11 rings (SSSR count). The highest BCUT2D eigenvalue weighted by molar-refractivity contribution is 6.16. The number of fused-ring (bicyclic) bond motifs is 9. The van der Waals surface area contributed by atoms with Crippen LogP contribution in [0.5, 0.6) is 0 Å². The summed E-state index contributed by atoms with van der Waals surface area (Å²) in [6.45, 7) is 7.61. The van der Waals surface area contributed by atoms with Gasteiger partial charge in [-0.3, -0.25) is 0 Å². The molecule has 0 spiro atoms. The van der Waals surface area contributed by atoms with Gasteiger partial charge in [-0.15, -0.1) is 0 Å². The average Bonchev–Trinajstić information content (AvgIpc) is 3.89. The molecule has 11 aromatic rings. The molecule has 5 heteroatoms. The Morgan fingerprint density at radius 3 is 1.67 bits per heavy atom. The quantitative estimate of drug-likeness (QED) is 0.169. The maximum absolute atomic E-state index is 10.4. The van der Waals surface area contributed by atoms with Crippen molar-refractivity contribution < 1.29 is 0 Å². The van der Waals surface area contributed by atoms with Gasteiger partial charge in [0.25, 0.3) is 0 Å². The van der Waals surface area contributed by atoms with Crippen LogP contribution in [0, 0.1) is 17.9 Å². The van der Waals surface area contributed by atoms with Gasteiger partial charge in [0.15, 0.2) is 5.69 Å². The Kier molecular flexibility index (Phi) is 6.61. The standard InChI is InChI=1S/C50H29N5/c1-52-34-25-27-47-42(29-34)39-16-4-6-18-43(39)53(47)36-26-24-33(31-51)41(30-36)32-12-10-13-35(28-32)54-46-21-9-5-17-40(46)50-48(54)22-11-23-49(50)55-44-19-7-2-14-37(44)38-15-3-8-20-45(38)55/h2-30H. The van der Waals surface area contributed by atoms with Gasteiger partial charge in [0, 0.05) is 43.9 Å². The number of nitriles is 1. The molecule has 0 bridgehead atoms. The van der Waals surface area contributed by atoms with E-state index in [0.717, 1.165) is 61.0 Å². The van der Waals surface area contributed by atoms with Crippen LogP contribution in [0.2, 0.25) is 0 Å². The van der Waals surface area contributed by atoms with Crippen LogP contribution >= 0.6 is 0 Å². The van der Waals surface area contributed by atoms with Crippen LogP contribution in [0.4, 0.5) is 5.69 Å². The zero-order chi connectivity index (χ0) is 36.6. The second kappa shape index (κ2) is 11.8. The molecule has 0 fully saturated rings. The molecule has 3 heterocycles. The van der Waals surface area contributed by atoms with Crippen molar-refractivity contribution in [3.63, 3.8) is 0 Å². The van der Waals surface area contributed by atoms with Gasteiger partial charge in [0.1, 0.15) is 0 Å². The summed E-state index contributed by atoms with van der Waals surface area (Å²) in [5.41, 5.74) is 12.8. The van der Waals surface area contributed by atoms with Gasteiger partial charge in [-0.2, -0.15) is 5.26 Å². The van der Waals surface area contributed by atoms with E-state index in [1.807, 2.05) is 42.5 Å². The summed E-state index contributed by atoms with van der Waals surface area (Å²) in [6.07, 6.45) is 0. The van der Waals surface area contributed by atoms with Crippen LogP contribution in [0.15, 0.2) is 176 Å². The predicted octanol–water partition coefficient (Wildman–Crippen LogP) is 13.1. The van der Waals surface area contributed by atoms with E-state index in [1.165, 1.54) is 32.6 Å². The molecule has 8 aromatic carbocycles. The van der Waals surface area contributed by atoms with E-state index < -0.39 is 0 Å². The highest BCUT2D eigenvalue weighted by atomic mass is 15.0. The van der Waals surface area contributed by atoms with E-state index in [4.69, 9.17) is 6.57 Å². The topological polar surface area (TPSA) is 42.9 Å². The number of para-hydroxylation sites is 4. The lowest BCUT2D eigenvalue weighted by Gasteiger charge is -2.14. The summed E-state index contributed by atoms with van der Waals surface area (Å²) in [6, 6.07) is 63.8. The van der Waals surface area contributed by atoms with Gasteiger partial charge in [0.2, 0.25) is 0 Å². The SMILES string of the molecule is [C-]#[N+]c1ccc2c(c1)c1ccccc1n2-c1ccc(C#N)c(-c2cccc(-n3c4ccccc4c4c(-n5c6ccccc6c6ccccc65)cccc43)c2)c1. The fourth-order valence-corrected chi connectivity index (χ4v) is 8.78. The van der Waals surface area contributed by atoms with Crippen molar-refractivity contribution in [3.8, 4) is 34.3 Å². The molecule has 0 unspecified atom stereocenters. The normalized spacial score (nSPS) is 11.6. The number of nitrogens with zero attached hydrogens (tertiary/aromatic N) is 5. The van der Waals surface area contributed by atoms with Crippen molar-refractivity contribution in [3.05, 3.63) is 193 Å². The highest BCUT2D eigenvalue weighted by Gasteiger charge is 2.20. The molecule has 5 nitrogen and oxygen atoms in total. The van der Waals surface area contributed by atoms with Crippen LogP contribution in [0.1, 0.15) is 5.56 Å². The first kappa shape index (κ1) is 30.7. The molecular formula is C50H29N5. The first-order valence-corrected chi connectivity index (χ1v) is 18.3. The zero-order valence-electron chi connectivity index (χ0n) is 29.5. The number of hydrogen-bond acceptors (Lipinski definition) is 1. The number of aromatic nitrogens is 3. The third kappa shape index (κ3) is 4.45. The van der Waals surface area contributed by atoms with E-state index in [9.17, 15) is 5.26 Å². The minimum Gasteiger partial charge on any atom is -0.309 e. The summed E-state index contributed by atoms with van der Waals surface area (Å²) < 4.78 is 6.99. The van der Waals surface area contributed by atoms with Crippen molar-refractivity contribution >= 4 is 71.1 Å². The van der Waals surface area contributed by atoms with Gasteiger partial charge in [-0.1, -0.05) is 97.1 Å². The van der Waals surface area contributed by atoms with Gasteiger partial charge >= 0.3 is 0 Å². The number of hydrogen-bond donors (Lipinski definition) is 0. The van der Waals surface area contributed by atoms with E-state index in [2.05, 4.69) is 158 Å². The second-order valence-electron chi connectivity index (χ2n) is 14.0. The number of rotatable bonds is 4. The predicted molar refractivity (Wildman–Crippen MR) is 226 cm³/mol. The monoisotopic (exact) mass is 699 g/mol. The Morgan fingerprint density at radius 1 is 0.436 bits per heavy atom. The zero-order valence-corrected chi connectivity index (χ0v) is 29.5. The Bertz CT molecular complexity index is 3420. The minimum atomic E-state index is 0.604. The van der Waals surface area contributed by atoms with Crippen LogP contribution in [-0.2, 0) is 0 Å². The lowest BCUT2D eigenvalue weighted by atomic mass is 9.99. The average molecular weight is 700 g/mol. The van der Waals surface area contributed by atoms with Crippen molar-refractivity contribution in [2.45, 2.75) is 0 Å². The summed E-state index contributed by atoms with van der Waals surface area (Å²) in [5, 5.41) is 17.4. The van der Waals surface area contributed by atoms with Crippen LogP contribution in [-0.4, -0.2) is 13.7 Å². The first-order chi connectivity index (χ1) is 27.2. The maximum atomic E-state index is 10.4. The lowest BCUT2D eigenvalue weighted by Crippen LogP contribution is -1.98. The summed E-state index contributed by atoms with van der Waals surface area (Å²) in [5.74, 6) is 0. The lowest BCUT2D eigenvalue weighted by molar-refractivity contribution is 1.17. The van der Waals surface area contributed by atoms with Crippen molar-refractivity contribution in [2.24, 2.45) is 0 Å². The van der Waals surface area contributed by atoms with E-state index in [1.54, 1.807) is 0 Å². The van der Waals surface area contributed by atoms with Crippen molar-refractivity contribution in [2.75, 3.05) is 0 Å².